The number of aromatic nitrogens is 2. The minimum absolute atomic E-state index is 0.00291. The third-order valence-electron chi connectivity index (χ3n) is 5.36. The molecule has 1 fully saturated rings. The highest BCUT2D eigenvalue weighted by atomic mass is 16.5. The molecular weight excluding hydrogens is 336 g/mol. The highest BCUT2D eigenvalue weighted by Gasteiger charge is 2.49. The van der Waals surface area contributed by atoms with E-state index in [1.165, 1.54) is 13.4 Å². The van der Waals surface area contributed by atoms with E-state index < -0.39 is 11.5 Å². The van der Waals surface area contributed by atoms with Crippen LogP contribution in [-0.2, 0) is 16.1 Å². The summed E-state index contributed by atoms with van der Waals surface area (Å²) in [6.45, 7) is 4.43. The maximum Gasteiger partial charge on any atom is 0.359 e. The number of amides is 2. The second-order valence-electron chi connectivity index (χ2n) is 7.25. The van der Waals surface area contributed by atoms with Crippen LogP contribution in [0.3, 0.4) is 0 Å². The highest BCUT2D eigenvalue weighted by Crippen LogP contribution is 2.30. The van der Waals surface area contributed by atoms with Crippen LogP contribution in [0.2, 0.25) is 0 Å². The van der Waals surface area contributed by atoms with Gasteiger partial charge in [0.2, 0.25) is 5.91 Å². The molecule has 2 aliphatic rings. The molecule has 1 N–H and O–H groups in total. The molecule has 1 aliphatic carbocycles. The van der Waals surface area contributed by atoms with Crippen LogP contribution in [0.5, 0.6) is 0 Å². The molecule has 1 aliphatic heterocycles. The van der Waals surface area contributed by atoms with Gasteiger partial charge in [0, 0.05) is 12.6 Å². The summed E-state index contributed by atoms with van der Waals surface area (Å²) in [6.07, 6.45) is 6.34. The Hall–Kier alpha value is -2.38. The van der Waals surface area contributed by atoms with E-state index in [1.807, 2.05) is 6.92 Å². The van der Waals surface area contributed by atoms with E-state index >= 15 is 0 Å². The molecule has 26 heavy (non-hydrogen) atoms. The van der Waals surface area contributed by atoms with E-state index in [0.29, 0.717) is 13.0 Å². The molecule has 0 bridgehead atoms. The second-order valence-corrected chi connectivity index (χ2v) is 7.25. The summed E-state index contributed by atoms with van der Waals surface area (Å²) in [6, 6.07) is 0.174. The summed E-state index contributed by atoms with van der Waals surface area (Å²) in [5.41, 5.74) is -0.829. The maximum atomic E-state index is 13.1. The first kappa shape index (κ1) is 18.4. The zero-order chi connectivity index (χ0) is 18.9. The Balaban J connectivity index is 1.95. The van der Waals surface area contributed by atoms with Crippen molar-refractivity contribution in [1.29, 1.82) is 0 Å². The molecule has 0 aromatic carbocycles. The lowest BCUT2D eigenvalue weighted by Gasteiger charge is -2.44. The quantitative estimate of drug-likeness (QED) is 0.798. The fraction of sp³-hybridized carbons (Fsp3) is 0.667. The molecule has 1 aromatic rings. The van der Waals surface area contributed by atoms with Gasteiger partial charge >= 0.3 is 5.97 Å². The van der Waals surface area contributed by atoms with E-state index in [9.17, 15) is 14.4 Å². The molecule has 0 radical (unpaired) electrons. The summed E-state index contributed by atoms with van der Waals surface area (Å²) in [4.78, 5) is 43.8. The smallest absolute Gasteiger partial charge is 0.359 e. The monoisotopic (exact) mass is 362 g/mol. The number of esters is 1. The van der Waals surface area contributed by atoms with Gasteiger partial charge in [0.25, 0.3) is 5.91 Å². The summed E-state index contributed by atoms with van der Waals surface area (Å²) in [7, 11) is 1.25. The van der Waals surface area contributed by atoms with Crippen LogP contribution < -0.4 is 5.32 Å². The fourth-order valence-corrected chi connectivity index (χ4v) is 3.92. The Morgan fingerprint density at radius 1 is 1.38 bits per heavy atom. The minimum Gasteiger partial charge on any atom is -0.464 e. The number of hydrogen-bond acceptors (Lipinski definition) is 5. The van der Waals surface area contributed by atoms with E-state index in [4.69, 9.17) is 4.74 Å². The zero-order valence-electron chi connectivity index (χ0n) is 15.6. The first-order chi connectivity index (χ1) is 12.4. The fourth-order valence-electron chi connectivity index (χ4n) is 3.92. The van der Waals surface area contributed by atoms with Gasteiger partial charge in [0.1, 0.15) is 11.2 Å². The lowest BCUT2D eigenvalue weighted by Crippen LogP contribution is -2.65. The van der Waals surface area contributed by atoms with Crippen LogP contribution >= 0.6 is 0 Å². The van der Waals surface area contributed by atoms with Crippen molar-refractivity contribution in [3.05, 3.63) is 17.7 Å². The third-order valence-corrected chi connectivity index (χ3v) is 5.36. The predicted molar refractivity (Wildman–Crippen MR) is 93.7 cm³/mol. The number of hydrogen-bond donors (Lipinski definition) is 1. The lowest BCUT2D eigenvalue weighted by molar-refractivity contribution is -0.133. The average Bonchev–Trinajstić information content (AvgIpc) is 3.27. The summed E-state index contributed by atoms with van der Waals surface area (Å²) >= 11 is 0. The number of rotatable bonds is 5. The maximum absolute atomic E-state index is 13.1. The van der Waals surface area contributed by atoms with Crippen LogP contribution in [0, 0.1) is 0 Å². The molecule has 1 atom stereocenters. The van der Waals surface area contributed by atoms with Crippen LogP contribution in [0.25, 0.3) is 0 Å². The van der Waals surface area contributed by atoms with E-state index in [-0.39, 0.29) is 35.8 Å². The predicted octanol–water partition coefficient (Wildman–Crippen LogP) is 1.35. The standard InChI is InChI=1S/C18H26N4O4/c1-4-9-22-15(23)14-13(16(24)26-3)19-11-21(14)10-18(22,2)17(25)20-12-7-5-6-8-12/h11-12H,4-10H2,1-3H3,(H,20,25). The molecule has 3 rings (SSSR count). The third kappa shape index (κ3) is 2.97. The molecule has 0 saturated heterocycles. The van der Waals surface area contributed by atoms with Crippen LogP contribution in [-0.4, -0.2) is 57.5 Å². The Bertz CT molecular complexity index is 723. The molecule has 8 heteroatoms. The van der Waals surface area contributed by atoms with E-state index in [2.05, 4.69) is 10.3 Å². The second kappa shape index (κ2) is 7.09. The number of imidazole rings is 1. The molecule has 0 spiro atoms. The van der Waals surface area contributed by atoms with Crippen LogP contribution in [0.1, 0.15) is 66.9 Å². The first-order valence-electron chi connectivity index (χ1n) is 9.18. The Morgan fingerprint density at radius 3 is 2.69 bits per heavy atom. The van der Waals surface area contributed by atoms with Crippen LogP contribution in [0.15, 0.2) is 6.33 Å². The minimum atomic E-state index is -1.02. The van der Waals surface area contributed by atoms with Crippen molar-refractivity contribution in [2.75, 3.05) is 13.7 Å². The summed E-state index contributed by atoms with van der Waals surface area (Å²) in [5.74, 6) is -1.16. The Labute approximate surface area is 152 Å². The number of carbonyl (C=O) groups is 3. The van der Waals surface area contributed by atoms with Crippen molar-refractivity contribution in [3.8, 4) is 0 Å². The van der Waals surface area contributed by atoms with Crippen LogP contribution in [0.4, 0.5) is 0 Å². The van der Waals surface area contributed by atoms with Gasteiger partial charge in [0.15, 0.2) is 5.69 Å². The lowest BCUT2D eigenvalue weighted by atomic mass is 9.93. The van der Waals surface area contributed by atoms with Gasteiger partial charge in [-0.1, -0.05) is 19.8 Å². The highest BCUT2D eigenvalue weighted by molar-refractivity contribution is 6.06. The number of fused-ring (bicyclic) bond motifs is 1. The number of ether oxygens (including phenoxy) is 1. The zero-order valence-corrected chi connectivity index (χ0v) is 15.6. The van der Waals surface area contributed by atoms with E-state index in [1.54, 1.807) is 16.4 Å². The molecule has 1 aromatic heterocycles. The van der Waals surface area contributed by atoms with Gasteiger partial charge in [-0.15, -0.1) is 0 Å². The Kier molecular flexibility index (Phi) is 5.02. The van der Waals surface area contributed by atoms with Gasteiger partial charge in [-0.2, -0.15) is 0 Å². The van der Waals surface area contributed by atoms with Crippen molar-refractivity contribution in [2.24, 2.45) is 0 Å². The summed E-state index contributed by atoms with van der Waals surface area (Å²) < 4.78 is 6.32. The molecular formula is C18H26N4O4. The largest absolute Gasteiger partial charge is 0.464 e. The molecule has 1 unspecified atom stereocenters. The number of nitrogens with zero attached hydrogens (tertiary/aromatic N) is 3. The molecule has 142 valence electrons. The topological polar surface area (TPSA) is 93.5 Å². The van der Waals surface area contributed by atoms with Gasteiger partial charge < -0.3 is 19.5 Å². The Morgan fingerprint density at radius 2 is 2.08 bits per heavy atom. The molecule has 1 saturated carbocycles. The van der Waals surface area contributed by atoms with Crippen molar-refractivity contribution in [2.45, 2.75) is 64.1 Å². The average molecular weight is 362 g/mol. The van der Waals surface area contributed by atoms with Gasteiger partial charge in [0.05, 0.1) is 20.0 Å². The molecule has 2 amide bonds. The summed E-state index contributed by atoms with van der Waals surface area (Å²) in [5, 5.41) is 3.11. The van der Waals surface area contributed by atoms with Crippen molar-refractivity contribution >= 4 is 17.8 Å². The number of nitrogens with one attached hydrogen (secondary N) is 1. The SMILES string of the molecule is CCCN1C(=O)c2c(C(=O)OC)ncn2CC1(C)C(=O)NC1CCCC1. The first-order valence-corrected chi connectivity index (χ1v) is 9.18. The number of methoxy groups -OCH3 is 1. The van der Waals surface area contributed by atoms with Gasteiger partial charge in [-0.3, -0.25) is 9.59 Å². The van der Waals surface area contributed by atoms with Gasteiger partial charge in [-0.25, -0.2) is 9.78 Å². The van der Waals surface area contributed by atoms with Crippen molar-refractivity contribution < 1.29 is 19.1 Å². The van der Waals surface area contributed by atoms with Crippen molar-refractivity contribution in [3.63, 3.8) is 0 Å². The molecule has 2 heterocycles. The van der Waals surface area contributed by atoms with E-state index in [0.717, 1.165) is 25.7 Å². The normalized spacial score (nSPS) is 23.0. The number of carbonyl (C=O) groups excluding carboxylic acids is 3. The molecule has 8 nitrogen and oxygen atoms in total. The van der Waals surface area contributed by atoms with Crippen molar-refractivity contribution in [1.82, 2.24) is 19.8 Å². The van der Waals surface area contributed by atoms with Gasteiger partial charge in [-0.05, 0) is 26.2 Å².